The summed E-state index contributed by atoms with van der Waals surface area (Å²) in [5.41, 5.74) is 0.989. The van der Waals surface area contributed by atoms with E-state index in [0.717, 1.165) is 29.5 Å². The molecule has 0 saturated heterocycles. The third kappa shape index (κ3) is 4.33. The maximum absolute atomic E-state index is 9.91. The Balaban J connectivity index is 2.46. The third-order valence-electron chi connectivity index (χ3n) is 2.58. The van der Waals surface area contributed by atoms with Crippen LogP contribution in [0.5, 0.6) is 0 Å². The van der Waals surface area contributed by atoms with Crippen molar-refractivity contribution in [3.63, 3.8) is 0 Å². The summed E-state index contributed by atoms with van der Waals surface area (Å²) < 4.78 is 1.05. The van der Waals surface area contributed by atoms with E-state index in [1.807, 2.05) is 24.3 Å². The first kappa shape index (κ1) is 12.7. The molecule has 1 rings (SSSR count). The van der Waals surface area contributed by atoms with Gasteiger partial charge in [-0.25, -0.2) is 0 Å². The van der Waals surface area contributed by atoms with E-state index in [0.29, 0.717) is 0 Å². The highest BCUT2D eigenvalue weighted by molar-refractivity contribution is 9.10. The van der Waals surface area contributed by atoms with Crippen LogP contribution in [-0.2, 0) is 0 Å². The number of rotatable bonds is 5. The lowest BCUT2D eigenvalue weighted by molar-refractivity contribution is 0.150. The van der Waals surface area contributed by atoms with E-state index in [4.69, 9.17) is 0 Å². The van der Waals surface area contributed by atoms with Crippen LogP contribution in [-0.4, -0.2) is 30.1 Å². The van der Waals surface area contributed by atoms with Crippen LogP contribution in [0.2, 0.25) is 0 Å². The smallest absolute Gasteiger partial charge is 0.0802 e. The van der Waals surface area contributed by atoms with Crippen LogP contribution in [0.4, 0.5) is 0 Å². The van der Waals surface area contributed by atoms with Gasteiger partial charge in [-0.1, -0.05) is 35.0 Å². The van der Waals surface area contributed by atoms with Crippen molar-refractivity contribution < 1.29 is 5.11 Å². The highest BCUT2D eigenvalue weighted by atomic mass is 79.9. The van der Waals surface area contributed by atoms with Gasteiger partial charge in [-0.05, 0) is 37.7 Å². The van der Waals surface area contributed by atoms with E-state index in [-0.39, 0.29) is 6.10 Å². The molecule has 1 aromatic carbocycles. The van der Waals surface area contributed by atoms with Gasteiger partial charge in [0.25, 0.3) is 0 Å². The molecule has 1 unspecified atom stereocenters. The van der Waals surface area contributed by atoms with Crippen molar-refractivity contribution in [1.82, 2.24) is 4.90 Å². The van der Waals surface area contributed by atoms with Crippen LogP contribution in [0.1, 0.15) is 25.0 Å². The first-order chi connectivity index (χ1) is 7.13. The highest BCUT2D eigenvalue weighted by Crippen LogP contribution is 2.19. The zero-order valence-electron chi connectivity index (χ0n) is 9.28. The zero-order chi connectivity index (χ0) is 11.3. The first-order valence-corrected chi connectivity index (χ1v) is 6.05. The summed E-state index contributed by atoms with van der Waals surface area (Å²) in [5, 5.41) is 9.91. The van der Waals surface area contributed by atoms with E-state index >= 15 is 0 Å². The van der Waals surface area contributed by atoms with Crippen LogP contribution in [0.25, 0.3) is 0 Å². The molecule has 0 saturated carbocycles. The Morgan fingerprint density at radius 3 is 2.47 bits per heavy atom. The molecule has 0 aliphatic carbocycles. The fourth-order valence-electron chi connectivity index (χ4n) is 1.35. The standard InChI is InChI=1S/C12H18BrNO/c1-3-14(2)9-8-12(15)10-4-6-11(13)7-5-10/h4-7,12,15H,3,8-9H2,1-2H3. The minimum Gasteiger partial charge on any atom is -0.388 e. The fourth-order valence-corrected chi connectivity index (χ4v) is 1.62. The summed E-state index contributed by atoms with van der Waals surface area (Å²) in [6.45, 7) is 4.06. The second kappa shape index (κ2) is 6.26. The van der Waals surface area contributed by atoms with Crippen molar-refractivity contribution in [2.45, 2.75) is 19.4 Å². The maximum atomic E-state index is 9.91. The number of aliphatic hydroxyl groups excluding tert-OH is 1. The van der Waals surface area contributed by atoms with Gasteiger partial charge < -0.3 is 10.0 Å². The molecule has 0 aliphatic rings. The summed E-state index contributed by atoms with van der Waals surface area (Å²) in [7, 11) is 2.06. The van der Waals surface area contributed by atoms with Crippen LogP contribution >= 0.6 is 15.9 Å². The third-order valence-corrected chi connectivity index (χ3v) is 3.11. The highest BCUT2D eigenvalue weighted by Gasteiger charge is 2.07. The Kier molecular flexibility index (Phi) is 5.29. The molecular formula is C12H18BrNO. The van der Waals surface area contributed by atoms with Gasteiger partial charge in [0.15, 0.2) is 0 Å². The van der Waals surface area contributed by atoms with Crippen LogP contribution in [0.15, 0.2) is 28.7 Å². The average Bonchev–Trinajstić information content (AvgIpc) is 2.26. The summed E-state index contributed by atoms with van der Waals surface area (Å²) in [5.74, 6) is 0. The van der Waals surface area contributed by atoms with Gasteiger partial charge in [0.05, 0.1) is 6.10 Å². The van der Waals surface area contributed by atoms with Gasteiger partial charge in [-0.2, -0.15) is 0 Å². The summed E-state index contributed by atoms with van der Waals surface area (Å²) in [6.07, 6.45) is 0.429. The molecule has 0 radical (unpaired) electrons. The molecule has 84 valence electrons. The van der Waals surface area contributed by atoms with Crippen molar-refractivity contribution >= 4 is 15.9 Å². The number of benzene rings is 1. The van der Waals surface area contributed by atoms with Gasteiger partial charge in [0, 0.05) is 11.0 Å². The van der Waals surface area contributed by atoms with Crippen LogP contribution in [0.3, 0.4) is 0 Å². The van der Waals surface area contributed by atoms with Crippen molar-refractivity contribution in [3.8, 4) is 0 Å². The number of hydrogen-bond donors (Lipinski definition) is 1. The summed E-state index contributed by atoms with van der Waals surface area (Å²) in [6, 6.07) is 7.84. The molecule has 3 heteroatoms. The monoisotopic (exact) mass is 271 g/mol. The largest absolute Gasteiger partial charge is 0.388 e. The summed E-state index contributed by atoms with van der Waals surface area (Å²) in [4.78, 5) is 2.20. The predicted molar refractivity (Wildman–Crippen MR) is 66.9 cm³/mol. The number of hydrogen-bond acceptors (Lipinski definition) is 2. The van der Waals surface area contributed by atoms with Crippen LogP contribution < -0.4 is 0 Å². The molecule has 2 nitrogen and oxygen atoms in total. The topological polar surface area (TPSA) is 23.5 Å². The molecular weight excluding hydrogens is 254 g/mol. The van der Waals surface area contributed by atoms with E-state index in [9.17, 15) is 5.11 Å². The van der Waals surface area contributed by atoms with E-state index in [1.54, 1.807) is 0 Å². The minimum atomic E-state index is -0.355. The molecule has 0 spiro atoms. The number of nitrogens with zero attached hydrogens (tertiary/aromatic N) is 1. The molecule has 1 aromatic rings. The Bertz CT molecular complexity index is 286. The molecule has 0 aromatic heterocycles. The van der Waals surface area contributed by atoms with Crippen molar-refractivity contribution in [2.75, 3.05) is 20.1 Å². The Hall–Kier alpha value is -0.380. The van der Waals surface area contributed by atoms with Gasteiger partial charge >= 0.3 is 0 Å². The Morgan fingerprint density at radius 1 is 1.33 bits per heavy atom. The minimum absolute atomic E-state index is 0.355. The molecule has 1 atom stereocenters. The van der Waals surface area contributed by atoms with E-state index in [2.05, 4.69) is 34.8 Å². The average molecular weight is 272 g/mol. The lowest BCUT2D eigenvalue weighted by Crippen LogP contribution is -2.20. The van der Waals surface area contributed by atoms with Crippen molar-refractivity contribution in [1.29, 1.82) is 0 Å². The first-order valence-electron chi connectivity index (χ1n) is 5.25. The fraction of sp³-hybridized carbons (Fsp3) is 0.500. The molecule has 0 heterocycles. The molecule has 0 fully saturated rings. The van der Waals surface area contributed by atoms with Crippen LogP contribution in [0, 0.1) is 0 Å². The van der Waals surface area contributed by atoms with E-state index < -0.39 is 0 Å². The number of halogens is 1. The van der Waals surface area contributed by atoms with Crippen molar-refractivity contribution in [3.05, 3.63) is 34.3 Å². The van der Waals surface area contributed by atoms with Crippen molar-refractivity contribution in [2.24, 2.45) is 0 Å². The maximum Gasteiger partial charge on any atom is 0.0802 e. The quantitative estimate of drug-likeness (QED) is 0.891. The normalized spacial score (nSPS) is 13.1. The van der Waals surface area contributed by atoms with Gasteiger partial charge in [-0.15, -0.1) is 0 Å². The van der Waals surface area contributed by atoms with E-state index in [1.165, 1.54) is 0 Å². The van der Waals surface area contributed by atoms with Gasteiger partial charge in [0.2, 0.25) is 0 Å². The summed E-state index contributed by atoms with van der Waals surface area (Å²) >= 11 is 3.38. The molecule has 0 bridgehead atoms. The predicted octanol–water partition coefficient (Wildman–Crippen LogP) is 2.82. The second-order valence-corrected chi connectivity index (χ2v) is 4.67. The Morgan fingerprint density at radius 2 is 1.93 bits per heavy atom. The lowest BCUT2D eigenvalue weighted by Gasteiger charge is -2.17. The second-order valence-electron chi connectivity index (χ2n) is 3.75. The SMILES string of the molecule is CCN(C)CCC(O)c1ccc(Br)cc1. The Labute approximate surface area is 100 Å². The molecule has 15 heavy (non-hydrogen) atoms. The molecule has 0 amide bonds. The molecule has 0 aliphatic heterocycles. The molecule has 1 N–H and O–H groups in total. The van der Waals surface area contributed by atoms with Gasteiger partial charge in [0.1, 0.15) is 0 Å². The number of aliphatic hydroxyl groups is 1. The van der Waals surface area contributed by atoms with Gasteiger partial charge in [-0.3, -0.25) is 0 Å². The lowest BCUT2D eigenvalue weighted by atomic mass is 10.1. The zero-order valence-corrected chi connectivity index (χ0v) is 10.9.